The molecule has 0 aliphatic carbocycles. The Morgan fingerprint density at radius 3 is 2.88 bits per heavy atom. The van der Waals surface area contributed by atoms with E-state index in [1.165, 1.54) is 24.1 Å². The number of benzene rings is 1. The summed E-state index contributed by atoms with van der Waals surface area (Å²) in [6.07, 6.45) is 4.04. The van der Waals surface area contributed by atoms with Gasteiger partial charge in [0, 0.05) is 43.8 Å². The molecular weight excluding hydrogens is 418 g/mol. The molecule has 0 spiro atoms. The molecule has 1 aliphatic heterocycles. The lowest BCUT2D eigenvalue weighted by Crippen LogP contribution is -2.41. The minimum Gasteiger partial charge on any atom is -0.361 e. The monoisotopic (exact) mass is 444 g/mol. The summed E-state index contributed by atoms with van der Waals surface area (Å²) in [5, 5.41) is 4.54. The summed E-state index contributed by atoms with van der Waals surface area (Å²) in [7, 11) is 1.84. The summed E-state index contributed by atoms with van der Waals surface area (Å²) >= 11 is 0. The van der Waals surface area contributed by atoms with E-state index in [-0.39, 0.29) is 29.8 Å². The molecule has 0 unspecified atom stereocenters. The molecule has 2 aromatic rings. The fourth-order valence-electron chi connectivity index (χ4n) is 3.30. The van der Waals surface area contributed by atoms with Gasteiger partial charge in [0.15, 0.2) is 5.96 Å². The SMILES string of the molecule is CN=C(NCCc1c[nH]c2cc(F)ccc12)N1CCC(C)(C)C1.I. The minimum atomic E-state index is -0.207. The van der Waals surface area contributed by atoms with Crippen LogP contribution in [-0.2, 0) is 6.42 Å². The lowest BCUT2D eigenvalue weighted by atomic mass is 9.93. The third-order valence-electron chi connectivity index (χ3n) is 4.60. The van der Waals surface area contributed by atoms with E-state index in [0.717, 1.165) is 42.9 Å². The lowest BCUT2D eigenvalue weighted by Gasteiger charge is -2.23. The number of halogens is 2. The maximum Gasteiger partial charge on any atom is 0.193 e. The van der Waals surface area contributed by atoms with Gasteiger partial charge < -0.3 is 15.2 Å². The zero-order valence-corrected chi connectivity index (χ0v) is 16.9. The molecule has 1 aromatic carbocycles. The molecule has 2 heterocycles. The van der Waals surface area contributed by atoms with Gasteiger partial charge in [0.1, 0.15) is 5.82 Å². The van der Waals surface area contributed by atoms with Crippen molar-refractivity contribution in [3.8, 4) is 0 Å². The molecule has 1 fully saturated rings. The average molecular weight is 444 g/mol. The molecule has 1 aliphatic rings. The highest BCUT2D eigenvalue weighted by molar-refractivity contribution is 14.0. The van der Waals surface area contributed by atoms with Crippen molar-refractivity contribution in [2.24, 2.45) is 10.4 Å². The topological polar surface area (TPSA) is 43.4 Å². The number of hydrogen-bond acceptors (Lipinski definition) is 1. The van der Waals surface area contributed by atoms with Gasteiger partial charge in [-0.1, -0.05) is 13.8 Å². The second-order valence-corrected chi connectivity index (χ2v) is 7.06. The Balaban J connectivity index is 0.00000208. The Morgan fingerprint density at radius 2 is 2.21 bits per heavy atom. The lowest BCUT2D eigenvalue weighted by molar-refractivity contribution is 0.370. The predicted molar refractivity (Wildman–Crippen MR) is 109 cm³/mol. The summed E-state index contributed by atoms with van der Waals surface area (Å²) in [4.78, 5) is 9.86. The first-order chi connectivity index (χ1) is 11.0. The van der Waals surface area contributed by atoms with Crippen LogP contribution in [-0.4, -0.2) is 42.5 Å². The summed E-state index contributed by atoms with van der Waals surface area (Å²) in [5.41, 5.74) is 2.41. The average Bonchev–Trinajstić information content (AvgIpc) is 3.06. The van der Waals surface area contributed by atoms with E-state index in [2.05, 4.69) is 34.0 Å². The number of guanidine groups is 1. The number of likely N-dealkylation sites (tertiary alicyclic amines) is 1. The van der Waals surface area contributed by atoms with Crippen LogP contribution in [0.15, 0.2) is 29.4 Å². The summed E-state index contributed by atoms with van der Waals surface area (Å²) in [6.45, 7) is 7.50. The van der Waals surface area contributed by atoms with Crippen LogP contribution in [0.4, 0.5) is 4.39 Å². The Kier molecular flexibility index (Phi) is 6.11. The quantitative estimate of drug-likeness (QED) is 0.430. The van der Waals surface area contributed by atoms with Crippen LogP contribution in [0.25, 0.3) is 10.9 Å². The summed E-state index contributed by atoms with van der Waals surface area (Å²) in [6, 6.07) is 4.89. The molecule has 2 N–H and O–H groups in total. The fraction of sp³-hybridized carbons (Fsp3) is 0.500. The first-order valence-electron chi connectivity index (χ1n) is 8.20. The molecule has 0 saturated carbocycles. The molecule has 3 rings (SSSR count). The highest BCUT2D eigenvalue weighted by Gasteiger charge is 2.30. The van der Waals surface area contributed by atoms with Crippen molar-refractivity contribution in [1.29, 1.82) is 0 Å². The smallest absolute Gasteiger partial charge is 0.193 e. The number of aromatic nitrogens is 1. The van der Waals surface area contributed by atoms with Crippen molar-refractivity contribution in [1.82, 2.24) is 15.2 Å². The molecule has 24 heavy (non-hydrogen) atoms. The highest BCUT2D eigenvalue weighted by atomic mass is 127. The molecule has 132 valence electrons. The van der Waals surface area contributed by atoms with Crippen molar-refractivity contribution >= 4 is 40.8 Å². The normalized spacial score (nSPS) is 17.2. The van der Waals surface area contributed by atoms with Gasteiger partial charge in [0.05, 0.1) is 0 Å². The second kappa shape index (κ2) is 7.72. The predicted octanol–water partition coefficient (Wildman–Crippen LogP) is 3.77. The van der Waals surface area contributed by atoms with Crippen LogP contribution in [0.2, 0.25) is 0 Å². The number of aromatic amines is 1. The van der Waals surface area contributed by atoms with E-state index < -0.39 is 0 Å². The first kappa shape index (κ1) is 19.0. The number of H-pyrrole nitrogens is 1. The number of rotatable bonds is 3. The zero-order valence-electron chi connectivity index (χ0n) is 14.5. The minimum absolute atomic E-state index is 0. The van der Waals surface area contributed by atoms with E-state index in [4.69, 9.17) is 0 Å². The van der Waals surface area contributed by atoms with E-state index in [1.807, 2.05) is 19.3 Å². The molecule has 0 radical (unpaired) electrons. The van der Waals surface area contributed by atoms with Gasteiger partial charge >= 0.3 is 0 Å². The maximum atomic E-state index is 13.2. The molecule has 0 atom stereocenters. The van der Waals surface area contributed by atoms with Crippen LogP contribution in [0.5, 0.6) is 0 Å². The number of aliphatic imine (C=N–C) groups is 1. The first-order valence-corrected chi connectivity index (χ1v) is 8.20. The van der Waals surface area contributed by atoms with Gasteiger partial charge in [-0.2, -0.15) is 0 Å². The largest absolute Gasteiger partial charge is 0.361 e. The maximum absolute atomic E-state index is 13.2. The number of fused-ring (bicyclic) bond motifs is 1. The standard InChI is InChI=1S/C18H25FN4.HI/c1-18(2)7-9-23(12-18)17(20-3)21-8-6-13-11-22-16-10-14(19)4-5-15(13)16;/h4-5,10-11,22H,6-9,12H2,1-3H3,(H,20,21);1H. The Morgan fingerprint density at radius 1 is 1.42 bits per heavy atom. The molecular formula is C18H26FIN4. The van der Waals surface area contributed by atoms with Gasteiger partial charge in [0.2, 0.25) is 0 Å². The molecule has 1 aromatic heterocycles. The van der Waals surface area contributed by atoms with Gasteiger partial charge in [-0.15, -0.1) is 24.0 Å². The Bertz CT molecular complexity index is 723. The Labute approximate surface area is 159 Å². The van der Waals surface area contributed by atoms with Crippen molar-refractivity contribution in [3.63, 3.8) is 0 Å². The van der Waals surface area contributed by atoms with Gasteiger partial charge in [-0.05, 0) is 42.0 Å². The van der Waals surface area contributed by atoms with Crippen LogP contribution >= 0.6 is 24.0 Å². The number of hydrogen-bond donors (Lipinski definition) is 2. The van der Waals surface area contributed by atoms with E-state index in [1.54, 1.807) is 0 Å². The third-order valence-corrected chi connectivity index (χ3v) is 4.60. The van der Waals surface area contributed by atoms with Crippen molar-refractivity contribution in [2.45, 2.75) is 26.7 Å². The van der Waals surface area contributed by atoms with E-state index in [0.29, 0.717) is 5.41 Å². The second-order valence-electron chi connectivity index (χ2n) is 7.06. The van der Waals surface area contributed by atoms with Crippen molar-refractivity contribution in [2.75, 3.05) is 26.7 Å². The zero-order chi connectivity index (χ0) is 16.4. The number of nitrogens with one attached hydrogen (secondary N) is 2. The van der Waals surface area contributed by atoms with Crippen molar-refractivity contribution < 1.29 is 4.39 Å². The van der Waals surface area contributed by atoms with E-state index >= 15 is 0 Å². The fourth-order valence-corrected chi connectivity index (χ4v) is 3.30. The molecule has 4 nitrogen and oxygen atoms in total. The molecule has 0 amide bonds. The van der Waals surface area contributed by atoms with Crippen LogP contribution in [0.3, 0.4) is 0 Å². The van der Waals surface area contributed by atoms with Gasteiger partial charge in [-0.3, -0.25) is 4.99 Å². The van der Waals surface area contributed by atoms with E-state index in [9.17, 15) is 4.39 Å². The van der Waals surface area contributed by atoms with Gasteiger partial charge in [0.25, 0.3) is 0 Å². The van der Waals surface area contributed by atoms with Crippen LogP contribution in [0.1, 0.15) is 25.8 Å². The van der Waals surface area contributed by atoms with Crippen molar-refractivity contribution in [3.05, 3.63) is 35.8 Å². The van der Waals surface area contributed by atoms with Gasteiger partial charge in [-0.25, -0.2) is 4.39 Å². The molecule has 1 saturated heterocycles. The third kappa shape index (κ3) is 4.20. The molecule has 6 heteroatoms. The van der Waals surface area contributed by atoms with Crippen LogP contribution in [0, 0.1) is 11.2 Å². The Hall–Kier alpha value is -1.31. The summed E-state index contributed by atoms with van der Waals surface area (Å²) < 4.78 is 13.2. The number of nitrogens with zero attached hydrogens (tertiary/aromatic N) is 2. The summed E-state index contributed by atoms with van der Waals surface area (Å²) in [5.74, 6) is 0.766. The highest BCUT2D eigenvalue weighted by Crippen LogP contribution is 2.28. The van der Waals surface area contributed by atoms with Crippen LogP contribution < -0.4 is 5.32 Å². The molecule has 0 bridgehead atoms.